The highest BCUT2D eigenvalue weighted by Gasteiger charge is 2.54. The van der Waals surface area contributed by atoms with Crippen LogP contribution < -0.4 is 0 Å². The first-order chi connectivity index (χ1) is 7.34. The highest BCUT2D eigenvalue weighted by molar-refractivity contribution is 5.06. The molecule has 0 aromatic rings. The van der Waals surface area contributed by atoms with Crippen LogP contribution >= 0.6 is 0 Å². The van der Waals surface area contributed by atoms with Crippen molar-refractivity contribution in [3.63, 3.8) is 0 Å². The summed E-state index contributed by atoms with van der Waals surface area (Å²) < 4.78 is 0. The molecule has 0 radical (unpaired) electrons. The molecule has 0 N–H and O–H groups in total. The Balaban J connectivity index is 5.51. The Kier molecular flexibility index (Phi) is 4.33. The zero-order valence-corrected chi connectivity index (χ0v) is 8.78. The lowest BCUT2D eigenvalue weighted by atomic mass is 9.74. The third-order valence-corrected chi connectivity index (χ3v) is 2.68. The molecule has 1 unspecified atom stereocenters. The molecular weight excluding hydrogens is 216 g/mol. The van der Waals surface area contributed by atoms with E-state index in [1.165, 1.54) is 26.0 Å². The smallest absolute Gasteiger partial charge is 0.263 e. The zero-order valence-electron chi connectivity index (χ0n) is 8.78. The van der Waals surface area contributed by atoms with Crippen LogP contribution in [0, 0.1) is 48.3 Å². The molecule has 0 aliphatic rings. The first-order valence-electron chi connectivity index (χ1n) is 4.41. The van der Waals surface area contributed by atoms with Gasteiger partial charge in [-0.2, -0.15) is 10.5 Å². The van der Waals surface area contributed by atoms with E-state index < -0.39 is 27.3 Å². The van der Waals surface area contributed by atoms with Crippen molar-refractivity contribution in [3.8, 4) is 12.1 Å². The van der Waals surface area contributed by atoms with Gasteiger partial charge in [0.1, 0.15) is 17.6 Å². The van der Waals surface area contributed by atoms with Crippen LogP contribution in [0.15, 0.2) is 0 Å². The number of nitro groups is 2. The van der Waals surface area contributed by atoms with Crippen molar-refractivity contribution in [2.45, 2.75) is 32.4 Å². The molecule has 0 saturated carbocycles. The molecule has 0 aromatic carbocycles. The van der Waals surface area contributed by atoms with Gasteiger partial charge in [0, 0.05) is 9.85 Å². The van der Waals surface area contributed by atoms with E-state index in [-0.39, 0.29) is 6.42 Å². The minimum Gasteiger partial charge on any atom is -0.263 e. The Hall–Kier alpha value is -2.22. The molecular formula is C8H10N4O4. The van der Waals surface area contributed by atoms with Crippen LogP contribution in [0.4, 0.5) is 0 Å². The van der Waals surface area contributed by atoms with E-state index in [4.69, 9.17) is 10.5 Å². The van der Waals surface area contributed by atoms with Crippen molar-refractivity contribution in [2.75, 3.05) is 0 Å². The van der Waals surface area contributed by atoms with Crippen LogP contribution in [0.3, 0.4) is 0 Å². The van der Waals surface area contributed by atoms with Crippen molar-refractivity contribution in [1.82, 2.24) is 0 Å². The summed E-state index contributed by atoms with van der Waals surface area (Å²) in [5.74, 6) is 0. The lowest BCUT2D eigenvalue weighted by Gasteiger charge is -2.25. The van der Waals surface area contributed by atoms with Crippen LogP contribution in [0.1, 0.15) is 20.3 Å². The summed E-state index contributed by atoms with van der Waals surface area (Å²) in [6.07, 6.45) is -0.00852. The molecule has 0 heterocycles. The Labute approximate surface area is 91.4 Å². The third-order valence-electron chi connectivity index (χ3n) is 2.68. The van der Waals surface area contributed by atoms with Crippen molar-refractivity contribution in [3.05, 3.63) is 20.2 Å². The van der Waals surface area contributed by atoms with Crippen LogP contribution in [-0.4, -0.2) is 21.9 Å². The first-order valence-corrected chi connectivity index (χ1v) is 4.41. The first kappa shape index (κ1) is 13.8. The van der Waals surface area contributed by atoms with E-state index in [0.717, 1.165) is 0 Å². The largest absolute Gasteiger partial charge is 0.309 e. The SMILES string of the molecule is CCC(C)([C@H](C#N)[N+](=O)[O-])[C@@H](C#N)[N+](=O)[O-]. The quantitative estimate of drug-likeness (QED) is 0.501. The maximum Gasteiger partial charge on any atom is 0.309 e. The Morgan fingerprint density at radius 1 is 1.19 bits per heavy atom. The topological polar surface area (TPSA) is 134 Å². The monoisotopic (exact) mass is 226 g/mol. The van der Waals surface area contributed by atoms with E-state index in [1.54, 1.807) is 0 Å². The van der Waals surface area contributed by atoms with Gasteiger partial charge < -0.3 is 0 Å². The molecule has 8 heteroatoms. The molecule has 0 fully saturated rings. The zero-order chi connectivity index (χ0) is 12.9. The molecule has 0 amide bonds. The highest BCUT2D eigenvalue weighted by Crippen LogP contribution is 2.33. The average molecular weight is 226 g/mol. The second-order valence-corrected chi connectivity index (χ2v) is 3.49. The van der Waals surface area contributed by atoms with Gasteiger partial charge in [-0.05, 0) is 13.3 Å². The van der Waals surface area contributed by atoms with Crippen molar-refractivity contribution in [1.29, 1.82) is 10.5 Å². The number of hydrogen-bond acceptors (Lipinski definition) is 6. The van der Waals surface area contributed by atoms with Gasteiger partial charge in [-0.3, -0.25) is 20.2 Å². The second kappa shape index (κ2) is 5.03. The summed E-state index contributed by atoms with van der Waals surface area (Å²) in [7, 11) is 0. The van der Waals surface area contributed by atoms with E-state index in [1.807, 2.05) is 0 Å². The molecule has 0 aliphatic heterocycles. The Morgan fingerprint density at radius 2 is 1.50 bits per heavy atom. The molecule has 8 nitrogen and oxygen atoms in total. The molecule has 0 aliphatic carbocycles. The molecule has 0 saturated heterocycles. The van der Waals surface area contributed by atoms with Gasteiger partial charge in [0.15, 0.2) is 0 Å². The van der Waals surface area contributed by atoms with E-state index >= 15 is 0 Å². The van der Waals surface area contributed by atoms with Gasteiger partial charge in [-0.25, -0.2) is 0 Å². The maximum atomic E-state index is 10.6. The summed E-state index contributed by atoms with van der Waals surface area (Å²) in [5, 5.41) is 38.6. The van der Waals surface area contributed by atoms with E-state index in [0.29, 0.717) is 0 Å². The fourth-order valence-electron chi connectivity index (χ4n) is 1.41. The standard InChI is InChI=1S/C8H10N4O4/c1-3-8(2,6(4-9)11(13)14)7(5-10)12(15)16/h6-7H,3H2,1-2H3/t6-,7+,8?. The minimum absolute atomic E-state index is 0.00852. The van der Waals surface area contributed by atoms with Crippen LogP contribution in [0.25, 0.3) is 0 Å². The van der Waals surface area contributed by atoms with E-state index in [9.17, 15) is 20.2 Å². The van der Waals surface area contributed by atoms with Crippen LogP contribution in [0.2, 0.25) is 0 Å². The Bertz CT molecular complexity index is 348. The molecule has 0 rings (SSSR count). The predicted octanol–water partition coefficient (Wildman–Crippen LogP) is 0.740. The predicted molar refractivity (Wildman–Crippen MR) is 51.2 cm³/mol. The molecule has 0 bridgehead atoms. The van der Waals surface area contributed by atoms with Crippen LogP contribution in [-0.2, 0) is 0 Å². The Morgan fingerprint density at radius 3 is 1.62 bits per heavy atom. The lowest BCUT2D eigenvalue weighted by molar-refractivity contribution is -0.572. The summed E-state index contributed by atoms with van der Waals surface area (Å²) in [6, 6.07) is -0.725. The fraction of sp³-hybridized carbons (Fsp3) is 0.750. The van der Waals surface area contributed by atoms with Gasteiger partial charge in [0.25, 0.3) is 0 Å². The minimum atomic E-state index is -1.77. The van der Waals surface area contributed by atoms with Gasteiger partial charge in [0.05, 0.1) is 0 Å². The van der Waals surface area contributed by atoms with Crippen molar-refractivity contribution >= 4 is 0 Å². The van der Waals surface area contributed by atoms with E-state index in [2.05, 4.69) is 0 Å². The summed E-state index contributed by atoms with van der Waals surface area (Å²) >= 11 is 0. The number of rotatable bonds is 5. The fourth-order valence-corrected chi connectivity index (χ4v) is 1.41. The third kappa shape index (κ3) is 2.23. The number of nitrogens with zero attached hydrogens (tertiary/aromatic N) is 4. The molecule has 0 spiro atoms. The van der Waals surface area contributed by atoms with Gasteiger partial charge in [-0.15, -0.1) is 0 Å². The van der Waals surface area contributed by atoms with Crippen LogP contribution in [0.5, 0.6) is 0 Å². The molecule has 3 atom stereocenters. The van der Waals surface area contributed by atoms with Crippen molar-refractivity contribution < 1.29 is 9.85 Å². The average Bonchev–Trinajstić information content (AvgIpc) is 2.18. The summed E-state index contributed by atoms with van der Waals surface area (Å²) in [5.41, 5.74) is -1.60. The van der Waals surface area contributed by atoms with Crippen molar-refractivity contribution in [2.24, 2.45) is 5.41 Å². The lowest BCUT2D eigenvalue weighted by Crippen LogP contribution is -2.48. The number of nitriles is 2. The number of hydrogen-bond donors (Lipinski definition) is 0. The summed E-state index contributed by atoms with van der Waals surface area (Å²) in [4.78, 5) is 19.5. The second-order valence-electron chi connectivity index (χ2n) is 3.49. The molecule has 0 aromatic heterocycles. The summed E-state index contributed by atoms with van der Waals surface area (Å²) in [6.45, 7) is 2.68. The van der Waals surface area contributed by atoms with Gasteiger partial charge in [-0.1, -0.05) is 6.92 Å². The highest BCUT2D eigenvalue weighted by atomic mass is 16.6. The van der Waals surface area contributed by atoms with Gasteiger partial charge >= 0.3 is 12.1 Å². The normalized spacial score (nSPS) is 17.2. The molecule has 16 heavy (non-hydrogen) atoms. The van der Waals surface area contributed by atoms with Gasteiger partial charge in [0.2, 0.25) is 0 Å². The maximum absolute atomic E-state index is 10.6. The molecule has 86 valence electrons.